The first kappa shape index (κ1) is 21.4. The van der Waals surface area contributed by atoms with E-state index in [2.05, 4.69) is 0 Å². The van der Waals surface area contributed by atoms with Gasteiger partial charge in [0.1, 0.15) is 24.4 Å². The average Bonchev–Trinajstić information content (AvgIpc) is 3.13. The summed E-state index contributed by atoms with van der Waals surface area (Å²) in [5, 5.41) is 1.38. The Kier molecular flexibility index (Phi) is 5.55. The molecule has 6 nitrogen and oxygen atoms in total. The lowest BCUT2D eigenvalue weighted by Crippen LogP contribution is -2.29. The van der Waals surface area contributed by atoms with Gasteiger partial charge < -0.3 is 14.3 Å². The molecular formula is C28H21NO5. The maximum Gasteiger partial charge on any atom is 0.270 e. The second-order valence-corrected chi connectivity index (χ2v) is 7.92. The van der Waals surface area contributed by atoms with E-state index in [-0.39, 0.29) is 24.2 Å². The van der Waals surface area contributed by atoms with Crippen LogP contribution in [-0.4, -0.2) is 25.2 Å². The van der Waals surface area contributed by atoms with Gasteiger partial charge in [0.05, 0.1) is 23.9 Å². The van der Waals surface area contributed by atoms with Gasteiger partial charge in [-0.25, -0.2) is 4.90 Å². The molecule has 0 N–H and O–H groups in total. The Morgan fingerprint density at radius 1 is 0.735 bits per heavy atom. The average molecular weight is 451 g/mol. The molecule has 0 aromatic heterocycles. The number of carbonyl (C=O) groups excluding carboxylic acids is 3. The van der Waals surface area contributed by atoms with E-state index in [0.717, 1.165) is 22.3 Å². The number of hydrogen-bond donors (Lipinski definition) is 0. The van der Waals surface area contributed by atoms with Crippen molar-refractivity contribution in [3.63, 3.8) is 0 Å². The highest BCUT2D eigenvalue weighted by Gasteiger charge is 2.43. The van der Waals surface area contributed by atoms with E-state index < -0.39 is 11.8 Å². The summed E-state index contributed by atoms with van der Waals surface area (Å²) in [6, 6.07) is 23.8. The molecule has 6 heteroatoms. The molecule has 1 aliphatic heterocycles. The minimum absolute atomic E-state index is 0.186. The van der Waals surface area contributed by atoms with E-state index in [9.17, 15) is 14.4 Å². The molecule has 0 bridgehead atoms. The van der Waals surface area contributed by atoms with Gasteiger partial charge in [-0.1, -0.05) is 66.7 Å². The number of methoxy groups -OCH3 is 1. The summed E-state index contributed by atoms with van der Waals surface area (Å²) in [5.74, 6) is -0.254. The molecule has 0 radical (unpaired) electrons. The molecule has 1 aliphatic rings. The smallest absolute Gasteiger partial charge is 0.270 e. The molecule has 2 amide bonds. The fourth-order valence-corrected chi connectivity index (χ4v) is 4.30. The van der Waals surface area contributed by atoms with Crippen LogP contribution >= 0.6 is 0 Å². The predicted octanol–water partition coefficient (Wildman–Crippen LogP) is 4.97. The summed E-state index contributed by atoms with van der Waals surface area (Å²) in [4.78, 5) is 39.2. The van der Waals surface area contributed by atoms with Crippen molar-refractivity contribution in [1.82, 2.24) is 0 Å². The minimum Gasteiger partial charge on any atom is -0.495 e. The van der Waals surface area contributed by atoms with Crippen LogP contribution in [0.5, 0.6) is 11.5 Å². The molecule has 168 valence electrons. The van der Waals surface area contributed by atoms with E-state index in [1.165, 1.54) is 7.11 Å². The Hall–Kier alpha value is -4.45. The molecule has 0 fully saturated rings. The van der Waals surface area contributed by atoms with Gasteiger partial charge in [0, 0.05) is 17.2 Å². The summed E-state index contributed by atoms with van der Waals surface area (Å²) in [5.41, 5.74) is 2.53. The van der Waals surface area contributed by atoms with Crippen molar-refractivity contribution >= 4 is 34.6 Å². The van der Waals surface area contributed by atoms with Crippen molar-refractivity contribution in [1.29, 1.82) is 0 Å². The van der Waals surface area contributed by atoms with Crippen LogP contribution in [0, 0.1) is 0 Å². The fraction of sp³-hybridized carbons (Fsp3) is 0.107. The number of ether oxygens (including phenoxy) is 2. The number of hydrogen-bond acceptors (Lipinski definition) is 5. The highest BCUT2D eigenvalue weighted by Crippen LogP contribution is 2.46. The highest BCUT2D eigenvalue weighted by atomic mass is 16.5. The number of aldehydes is 1. The molecule has 0 aliphatic carbocycles. The third kappa shape index (κ3) is 3.49. The number of nitrogens with zero attached hydrogens (tertiary/aromatic N) is 1. The highest BCUT2D eigenvalue weighted by molar-refractivity contribution is 6.38. The molecule has 34 heavy (non-hydrogen) atoms. The summed E-state index contributed by atoms with van der Waals surface area (Å²) < 4.78 is 11.9. The number of amides is 2. The van der Waals surface area contributed by atoms with Gasteiger partial charge in [-0.15, -0.1) is 0 Å². The number of fused-ring (bicyclic) bond motifs is 2. The fourth-order valence-electron chi connectivity index (χ4n) is 4.30. The Bertz CT molecular complexity index is 1410. The summed E-state index contributed by atoms with van der Waals surface area (Å²) in [7, 11) is 1.49. The lowest BCUT2D eigenvalue weighted by atomic mass is 9.99. The largest absolute Gasteiger partial charge is 0.495 e. The van der Waals surface area contributed by atoms with Crippen molar-refractivity contribution < 1.29 is 23.9 Å². The number of benzene rings is 4. The van der Waals surface area contributed by atoms with E-state index in [0.29, 0.717) is 28.0 Å². The summed E-state index contributed by atoms with van der Waals surface area (Å²) in [6.45, 7) is 0.242. The van der Waals surface area contributed by atoms with Crippen molar-refractivity contribution in [2.45, 2.75) is 13.0 Å². The van der Waals surface area contributed by atoms with Crippen LogP contribution in [0.4, 0.5) is 5.69 Å². The van der Waals surface area contributed by atoms with Crippen LogP contribution in [0.15, 0.2) is 78.9 Å². The molecule has 4 aromatic carbocycles. The Labute approximate surface area is 196 Å². The monoisotopic (exact) mass is 451 g/mol. The number of imide groups is 1. The van der Waals surface area contributed by atoms with Crippen LogP contribution in [-0.2, 0) is 17.8 Å². The normalized spacial score (nSPS) is 12.7. The second-order valence-electron chi connectivity index (χ2n) is 7.92. The van der Waals surface area contributed by atoms with E-state index in [1.807, 2.05) is 54.6 Å². The number of rotatable bonds is 7. The minimum atomic E-state index is -0.477. The molecule has 1 heterocycles. The first-order chi connectivity index (χ1) is 16.6. The van der Waals surface area contributed by atoms with Crippen LogP contribution in [0.2, 0.25) is 0 Å². The van der Waals surface area contributed by atoms with Gasteiger partial charge in [0.25, 0.3) is 11.8 Å². The molecular weight excluding hydrogens is 430 g/mol. The predicted molar refractivity (Wildman–Crippen MR) is 129 cm³/mol. The van der Waals surface area contributed by atoms with Gasteiger partial charge in [-0.05, 0) is 23.3 Å². The Balaban J connectivity index is 1.66. The quantitative estimate of drug-likeness (QED) is 0.293. The Morgan fingerprint density at radius 3 is 1.94 bits per heavy atom. The first-order valence-electron chi connectivity index (χ1n) is 10.8. The van der Waals surface area contributed by atoms with Crippen LogP contribution in [0.3, 0.4) is 0 Å². The van der Waals surface area contributed by atoms with Crippen molar-refractivity contribution in [2.24, 2.45) is 0 Å². The third-order valence-electron chi connectivity index (χ3n) is 5.90. The van der Waals surface area contributed by atoms with Crippen molar-refractivity contribution in [3.05, 3.63) is 101 Å². The van der Waals surface area contributed by atoms with Crippen LogP contribution < -0.4 is 14.4 Å². The zero-order chi connectivity index (χ0) is 23.7. The van der Waals surface area contributed by atoms with Gasteiger partial charge in [-0.2, -0.15) is 0 Å². The SMILES string of the molecule is COc1c2c(c(OCc3ccccc3)c3ccccc13)C(=O)N(c1ccc(CC=O)cc1)C2=O. The van der Waals surface area contributed by atoms with Crippen molar-refractivity contribution in [2.75, 3.05) is 12.0 Å². The molecule has 5 rings (SSSR count). The van der Waals surface area contributed by atoms with Gasteiger partial charge in [0.2, 0.25) is 0 Å². The van der Waals surface area contributed by atoms with Crippen LogP contribution in [0.25, 0.3) is 10.8 Å². The van der Waals surface area contributed by atoms with Gasteiger partial charge >= 0.3 is 0 Å². The third-order valence-corrected chi connectivity index (χ3v) is 5.90. The van der Waals surface area contributed by atoms with Crippen LogP contribution in [0.1, 0.15) is 31.8 Å². The number of anilines is 1. The molecule has 0 spiro atoms. The maximum absolute atomic E-state index is 13.7. The number of carbonyl (C=O) groups is 3. The lowest BCUT2D eigenvalue weighted by Gasteiger charge is -2.16. The lowest BCUT2D eigenvalue weighted by molar-refractivity contribution is -0.107. The van der Waals surface area contributed by atoms with Gasteiger partial charge in [-0.3, -0.25) is 9.59 Å². The second kappa shape index (κ2) is 8.83. The molecule has 0 saturated heterocycles. The van der Waals surface area contributed by atoms with E-state index in [4.69, 9.17) is 9.47 Å². The summed E-state index contributed by atoms with van der Waals surface area (Å²) in [6.07, 6.45) is 1.07. The maximum atomic E-state index is 13.7. The Morgan fingerprint density at radius 2 is 1.32 bits per heavy atom. The van der Waals surface area contributed by atoms with E-state index in [1.54, 1.807) is 24.3 Å². The zero-order valence-electron chi connectivity index (χ0n) is 18.5. The molecule has 4 aromatic rings. The van der Waals surface area contributed by atoms with E-state index >= 15 is 0 Å². The summed E-state index contributed by atoms with van der Waals surface area (Å²) >= 11 is 0. The standard InChI is InChI=1S/C28H21NO5/c1-33-25-21-9-5-6-10-22(21)26(34-17-19-7-3-2-4-8-19)24-23(25)27(31)29(28(24)32)20-13-11-18(12-14-20)15-16-30/h2-14,16H,15,17H2,1H3. The zero-order valence-corrected chi connectivity index (χ0v) is 18.5. The molecule has 0 saturated carbocycles. The topological polar surface area (TPSA) is 72.9 Å². The molecule has 0 unspecified atom stereocenters. The first-order valence-corrected chi connectivity index (χ1v) is 10.8. The van der Waals surface area contributed by atoms with Gasteiger partial charge in [0.15, 0.2) is 0 Å². The molecule has 0 atom stereocenters. The van der Waals surface area contributed by atoms with Crippen molar-refractivity contribution in [3.8, 4) is 11.5 Å².